The third-order valence-corrected chi connectivity index (χ3v) is 8.73. The van der Waals surface area contributed by atoms with Crippen LogP contribution in [0.5, 0.6) is 0 Å². The highest BCUT2D eigenvalue weighted by Crippen LogP contribution is 2.43. The first-order valence-corrected chi connectivity index (χ1v) is 14.6. The first-order valence-electron chi connectivity index (χ1n) is 12.1. The summed E-state index contributed by atoms with van der Waals surface area (Å²) in [6, 6.07) is 22.9. The lowest BCUT2D eigenvalue weighted by molar-refractivity contribution is -0.268. The zero-order valence-corrected chi connectivity index (χ0v) is 22.2. The maximum atomic E-state index is 12.9. The van der Waals surface area contributed by atoms with Crippen molar-refractivity contribution in [3.63, 3.8) is 0 Å². The molecule has 0 saturated carbocycles. The molecule has 38 heavy (non-hydrogen) atoms. The fraction of sp³-hybridized carbons (Fsp3) is 0.259. The number of nitrogens with one attached hydrogen (secondary N) is 2. The Morgan fingerprint density at radius 3 is 2.50 bits per heavy atom. The quantitative estimate of drug-likeness (QED) is 0.256. The van der Waals surface area contributed by atoms with E-state index in [0.29, 0.717) is 22.2 Å². The number of nitrogens with zero attached hydrogens (tertiary/aromatic N) is 2. The van der Waals surface area contributed by atoms with Crippen LogP contribution >= 0.6 is 11.8 Å². The molecule has 4 atom stereocenters. The maximum absolute atomic E-state index is 12.9. The number of aliphatic hydroxyl groups excluding tert-OH is 1. The third-order valence-electron chi connectivity index (χ3n) is 6.37. The molecule has 2 heterocycles. The number of hydrogen-bond donors (Lipinski definition) is 3. The fourth-order valence-electron chi connectivity index (χ4n) is 4.30. The second kappa shape index (κ2) is 11.7. The molecule has 0 bridgehead atoms. The van der Waals surface area contributed by atoms with Crippen LogP contribution < -0.4 is 4.72 Å². The predicted molar refractivity (Wildman–Crippen MR) is 144 cm³/mol. The van der Waals surface area contributed by atoms with E-state index < -0.39 is 16.3 Å². The first kappa shape index (κ1) is 26.4. The van der Waals surface area contributed by atoms with Crippen molar-refractivity contribution in [2.45, 2.75) is 42.1 Å². The van der Waals surface area contributed by atoms with Crippen LogP contribution in [0.15, 0.2) is 95.2 Å². The second-order valence-electron chi connectivity index (χ2n) is 8.97. The maximum Gasteiger partial charge on any atom is 0.261 e. The van der Waals surface area contributed by atoms with Gasteiger partial charge in [0.2, 0.25) is 0 Å². The Morgan fingerprint density at radius 1 is 1.00 bits per heavy atom. The number of aromatic amines is 1. The van der Waals surface area contributed by atoms with Crippen LogP contribution in [0, 0.1) is 5.92 Å². The van der Waals surface area contributed by atoms with Gasteiger partial charge in [0, 0.05) is 22.9 Å². The summed E-state index contributed by atoms with van der Waals surface area (Å²) in [5.74, 6) is 0.614. The van der Waals surface area contributed by atoms with Crippen LogP contribution in [0.1, 0.15) is 36.0 Å². The van der Waals surface area contributed by atoms with Gasteiger partial charge in [-0.25, -0.2) is 13.4 Å². The summed E-state index contributed by atoms with van der Waals surface area (Å²) >= 11 is 1.51. The largest absolute Gasteiger partial charge is 0.392 e. The number of anilines is 1. The molecular weight excluding hydrogens is 524 g/mol. The van der Waals surface area contributed by atoms with Gasteiger partial charge in [0.15, 0.2) is 11.4 Å². The molecule has 4 unspecified atom stereocenters. The standard InChI is InChI=1S/C27H28N4O5S2/c1-18-24(16-37-27-28-17-29-30-27)35-26(36-25(18)20-12-10-19(15-32)11-13-20)21-6-5-7-22(14-21)31-38(33,34)23-8-3-2-4-9-23/h2-14,17-18,24-26,31-32H,15-16H2,1H3,(H,28,29,30). The van der Waals surface area contributed by atoms with E-state index in [1.165, 1.54) is 18.1 Å². The van der Waals surface area contributed by atoms with Crippen LogP contribution in [0.2, 0.25) is 0 Å². The number of H-pyrrole nitrogens is 1. The van der Waals surface area contributed by atoms with Crippen LogP contribution in [0.25, 0.3) is 0 Å². The molecular formula is C27H28N4O5S2. The van der Waals surface area contributed by atoms with E-state index in [-0.39, 0.29) is 29.6 Å². The summed E-state index contributed by atoms with van der Waals surface area (Å²) in [4.78, 5) is 4.37. The van der Waals surface area contributed by atoms with Gasteiger partial charge in [-0.1, -0.05) is 73.3 Å². The lowest BCUT2D eigenvalue weighted by Gasteiger charge is -2.41. The Labute approximate surface area is 225 Å². The van der Waals surface area contributed by atoms with Crippen molar-refractivity contribution in [3.05, 3.63) is 102 Å². The predicted octanol–water partition coefficient (Wildman–Crippen LogP) is 4.68. The number of hydrogen-bond acceptors (Lipinski definition) is 8. The van der Waals surface area contributed by atoms with Crippen LogP contribution in [0.3, 0.4) is 0 Å². The van der Waals surface area contributed by atoms with Gasteiger partial charge in [-0.15, -0.1) is 0 Å². The number of thioether (sulfide) groups is 1. The van der Waals surface area contributed by atoms with Crippen molar-refractivity contribution in [1.82, 2.24) is 15.2 Å². The summed E-state index contributed by atoms with van der Waals surface area (Å²) in [6.45, 7) is 2.05. The minimum Gasteiger partial charge on any atom is -0.392 e. The molecule has 3 aromatic carbocycles. The van der Waals surface area contributed by atoms with Gasteiger partial charge in [-0.05, 0) is 35.4 Å². The molecule has 3 N–H and O–H groups in total. The Bertz CT molecular complexity index is 1430. The van der Waals surface area contributed by atoms with E-state index in [1.54, 1.807) is 48.5 Å². The third kappa shape index (κ3) is 6.08. The molecule has 0 aliphatic carbocycles. The van der Waals surface area contributed by atoms with E-state index in [2.05, 4.69) is 26.8 Å². The van der Waals surface area contributed by atoms with Gasteiger partial charge >= 0.3 is 0 Å². The molecule has 9 nitrogen and oxygen atoms in total. The summed E-state index contributed by atoms with van der Waals surface area (Å²) in [6.07, 6.45) is 0.255. The SMILES string of the molecule is CC1C(CSc2ncn[nH]2)OC(c2cccc(NS(=O)(=O)c3ccccc3)c2)OC1c1ccc(CO)cc1. The average Bonchev–Trinajstić information content (AvgIpc) is 3.47. The van der Waals surface area contributed by atoms with Crippen molar-refractivity contribution >= 4 is 27.5 Å². The normalized spacial score (nSPS) is 21.7. The van der Waals surface area contributed by atoms with Gasteiger partial charge in [0.25, 0.3) is 10.0 Å². The molecule has 1 fully saturated rings. The summed E-state index contributed by atoms with van der Waals surface area (Å²) in [7, 11) is -3.75. The number of benzene rings is 3. The van der Waals surface area contributed by atoms with E-state index in [9.17, 15) is 13.5 Å². The van der Waals surface area contributed by atoms with Gasteiger partial charge in [-0.2, -0.15) is 5.10 Å². The second-order valence-corrected chi connectivity index (χ2v) is 11.7. The molecule has 1 aliphatic rings. The molecule has 0 amide bonds. The Balaban J connectivity index is 1.40. The minimum atomic E-state index is -3.75. The fourth-order valence-corrected chi connectivity index (χ4v) is 6.31. The highest BCUT2D eigenvalue weighted by molar-refractivity contribution is 7.99. The van der Waals surface area contributed by atoms with Gasteiger partial charge in [-0.3, -0.25) is 9.82 Å². The summed E-state index contributed by atoms with van der Waals surface area (Å²) in [5.41, 5.74) is 2.89. The van der Waals surface area contributed by atoms with Crippen LogP contribution in [-0.4, -0.2) is 40.6 Å². The Hall–Kier alpha value is -3.22. The summed E-state index contributed by atoms with van der Waals surface area (Å²) < 4.78 is 41.3. The average molecular weight is 553 g/mol. The molecule has 5 rings (SSSR count). The first-order chi connectivity index (χ1) is 18.4. The Kier molecular flexibility index (Phi) is 8.10. The van der Waals surface area contributed by atoms with E-state index in [4.69, 9.17) is 9.47 Å². The molecule has 0 spiro atoms. The number of rotatable bonds is 9. The van der Waals surface area contributed by atoms with Crippen molar-refractivity contribution < 1.29 is 23.0 Å². The lowest BCUT2D eigenvalue weighted by Crippen LogP contribution is -2.38. The molecule has 0 radical (unpaired) electrons. The van der Waals surface area contributed by atoms with Gasteiger partial charge < -0.3 is 14.6 Å². The van der Waals surface area contributed by atoms with E-state index >= 15 is 0 Å². The van der Waals surface area contributed by atoms with Crippen molar-refractivity contribution in [3.8, 4) is 0 Å². The molecule has 1 saturated heterocycles. The summed E-state index contributed by atoms with van der Waals surface area (Å²) in [5, 5.41) is 16.9. The van der Waals surface area contributed by atoms with Crippen LogP contribution in [-0.2, 0) is 26.1 Å². The molecule has 1 aliphatic heterocycles. The zero-order valence-electron chi connectivity index (χ0n) is 20.6. The number of ether oxygens (including phenoxy) is 2. The van der Waals surface area contributed by atoms with Crippen molar-refractivity contribution in [2.24, 2.45) is 5.92 Å². The molecule has 4 aromatic rings. The smallest absolute Gasteiger partial charge is 0.261 e. The monoisotopic (exact) mass is 552 g/mol. The highest BCUT2D eigenvalue weighted by Gasteiger charge is 2.38. The number of aliphatic hydroxyl groups is 1. The topological polar surface area (TPSA) is 126 Å². The number of sulfonamides is 1. The molecule has 11 heteroatoms. The number of aromatic nitrogens is 3. The molecule has 198 valence electrons. The van der Waals surface area contributed by atoms with Gasteiger partial charge in [0.1, 0.15) is 6.33 Å². The van der Waals surface area contributed by atoms with E-state index in [0.717, 1.165) is 11.1 Å². The van der Waals surface area contributed by atoms with Crippen molar-refractivity contribution in [2.75, 3.05) is 10.5 Å². The minimum absolute atomic E-state index is 0.00131. The molecule has 1 aromatic heterocycles. The lowest BCUT2D eigenvalue weighted by atomic mass is 9.91. The Morgan fingerprint density at radius 2 is 1.79 bits per heavy atom. The van der Waals surface area contributed by atoms with Crippen LogP contribution in [0.4, 0.5) is 5.69 Å². The van der Waals surface area contributed by atoms with E-state index in [1.807, 2.05) is 30.3 Å². The highest BCUT2D eigenvalue weighted by atomic mass is 32.2. The van der Waals surface area contributed by atoms with Gasteiger partial charge in [0.05, 0.1) is 23.7 Å². The van der Waals surface area contributed by atoms with Crippen molar-refractivity contribution in [1.29, 1.82) is 0 Å². The zero-order chi connectivity index (χ0) is 26.5.